The first-order valence-electron chi connectivity index (χ1n) is 4.05. The minimum Gasteiger partial charge on any atom is -0.392 e. The Morgan fingerprint density at radius 1 is 1.67 bits per heavy atom. The van der Waals surface area contributed by atoms with Gasteiger partial charge in [-0.05, 0) is 13.8 Å². The van der Waals surface area contributed by atoms with Gasteiger partial charge in [0.15, 0.2) is 0 Å². The van der Waals surface area contributed by atoms with Crippen LogP contribution >= 0.6 is 0 Å². The van der Waals surface area contributed by atoms with Gasteiger partial charge in [-0.3, -0.25) is 4.68 Å². The zero-order valence-corrected chi connectivity index (χ0v) is 7.44. The monoisotopic (exact) mass is 166 g/mol. The van der Waals surface area contributed by atoms with Gasteiger partial charge in [0.2, 0.25) is 0 Å². The minimum absolute atomic E-state index is 0.0762. The molecule has 1 heterocycles. The Balaban J connectivity index is 2.70. The first-order chi connectivity index (χ1) is 5.74. The van der Waals surface area contributed by atoms with Gasteiger partial charge in [0.25, 0.3) is 0 Å². The summed E-state index contributed by atoms with van der Waals surface area (Å²) < 4.78 is 1.89. The van der Waals surface area contributed by atoms with Crippen LogP contribution in [0, 0.1) is 0 Å². The summed E-state index contributed by atoms with van der Waals surface area (Å²) in [5.41, 5.74) is 1.03. The molecule has 1 N–H and O–H groups in total. The first kappa shape index (κ1) is 9.00. The highest BCUT2D eigenvalue weighted by Gasteiger charge is 1.97. The standard InChI is InChI=1S/C9H14N2O/c1-8(2)11-7-9(6-10-11)4-3-5-12/h3-4,6-8,12H,5H2,1-2H3. The van der Waals surface area contributed by atoms with E-state index < -0.39 is 0 Å². The van der Waals surface area contributed by atoms with Crippen LogP contribution in [0.5, 0.6) is 0 Å². The van der Waals surface area contributed by atoms with Gasteiger partial charge in [0.05, 0.1) is 12.8 Å². The minimum atomic E-state index is 0.0762. The van der Waals surface area contributed by atoms with Crippen LogP contribution in [0.4, 0.5) is 0 Å². The average Bonchev–Trinajstić information content (AvgIpc) is 2.48. The van der Waals surface area contributed by atoms with E-state index in [1.807, 2.05) is 17.0 Å². The molecule has 1 aromatic heterocycles. The van der Waals surface area contributed by atoms with Gasteiger partial charge in [-0.15, -0.1) is 0 Å². The number of hydrogen-bond donors (Lipinski definition) is 1. The Morgan fingerprint density at radius 2 is 2.42 bits per heavy atom. The predicted octanol–water partition coefficient (Wildman–Crippen LogP) is 1.47. The van der Waals surface area contributed by atoms with Crippen molar-refractivity contribution in [3.05, 3.63) is 24.0 Å². The Kier molecular flexibility index (Phi) is 3.05. The summed E-state index contributed by atoms with van der Waals surface area (Å²) in [5, 5.41) is 12.7. The molecule has 12 heavy (non-hydrogen) atoms. The lowest BCUT2D eigenvalue weighted by Gasteiger charge is -2.02. The van der Waals surface area contributed by atoms with Crippen molar-refractivity contribution in [3.63, 3.8) is 0 Å². The summed E-state index contributed by atoms with van der Waals surface area (Å²) in [6.07, 6.45) is 7.29. The van der Waals surface area contributed by atoms with Gasteiger partial charge >= 0.3 is 0 Å². The van der Waals surface area contributed by atoms with E-state index in [0.29, 0.717) is 6.04 Å². The summed E-state index contributed by atoms with van der Waals surface area (Å²) in [7, 11) is 0. The molecule has 66 valence electrons. The Bertz CT molecular complexity index is 263. The molecule has 0 saturated carbocycles. The summed E-state index contributed by atoms with van der Waals surface area (Å²) in [6, 6.07) is 0.390. The van der Waals surface area contributed by atoms with E-state index in [9.17, 15) is 0 Å². The van der Waals surface area contributed by atoms with Crippen molar-refractivity contribution in [2.75, 3.05) is 6.61 Å². The van der Waals surface area contributed by atoms with Crippen LogP contribution in [-0.2, 0) is 0 Å². The number of aliphatic hydroxyl groups excluding tert-OH is 1. The van der Waals surface area contributed by atoms with E-state index >= 15 is 0 Å². The maximum absolute atomic E-state index is 8.53. The smallest absolute Gasteiger partial charge is 0.0615 e. The fraction of sp³-hybridized carbons (Fsp3) is 0.444. The van der Waals surface area contributed by atoms with Gasteiger partial charge < -0.3 is 5.11 Å². The highest BCUT2D eigenvalue weighted by molar-refractivity contribution is 5.46. The second-order valence-corrected chi connectivity index (χ2v) is 2.93. The molecule has 1 rings (SSSR count). The number of aliphatic hydroxyl groups is 1. The summed E-state index contributed by atoms with van der Waals surface area (Å²) in [4.78, 5) is 0. The fourth-order valence-corrected chi connectivity index (χ4v) is 0.910. The van der Waals surface area contributed by atoms with Crippen molar-refractivity contribution in [3.8, 4) is 0 Å². The molecule has 0 aromatic carbocycles. The third-order valence-corrected chi connectivity index (χ3v) is 1.57. The highest BCUT2D eigenvalue weighted by Crippen LogP contribution is 2.06. The lowest BCUT2D eigenvalue weighted by molar-refractivity contribution is 0.343. The molecule has 0 radical (unpaired) electrons. The summed E-state index contributed by atoms with van der Waals surface area (Å²) in [6.45, 7) is 4.23. The van der Waals surface area contributed by atoms with Crippen molar-refractivity contribution in [2.24, 2.45) is 0 Å². The maximum Gasteiger partial charge on any atom is 0.0615 e. The predicted molar refractivity (Wildman–Crippen MR) is 48.7 cm³/mol. The van der Waals surface area contributed by atoms with Gasteiger partial charge in [0.1, 0.15) is 0 Å². The molecule has 0 atom stereocenters. The van der Waals surface area contributed by atoms with Crippen LogP contribution in [0.1, 0.15) is 25.5 Å². The van der Waals surface area contributed by atoms with Crippen molar-refractivity contribution in [2.45, 2.75) is 19.9 Å². The van der Waals surface area contributed by atoms with Crippen LogP contribution < -0.4 is 0 Å². The molecule has 1 aromatic rings. The average molecular weight is 166 g/mol. The van der Waals surface area contributed by atoms with Gasteiger partial charge in [0, 0.05) is 17.8 Å². The quantitative estimate of drug-likeness (QED) is 0.738. The first-order valence-corrected chi connectivity index (χ1v) is 4.05. The van der Waals surface area contributed by atoms with Crippen molar-refractivity contribution >= 4 is 6.08 Å². The number of hydrogen-bond acceptors (Lipinski definition) is 2. The van der Waals surface area contributed by atoms with Crippen molar-refractivity contribution in [1.82, 2.24) is 9.78 Å². The molecule has 0 unspecified atom stereocenters. The third kappa shape index (κ3) is 2.20. The van der Waals surface area contributed by atoms with Gasteiger partial charge in [-0.1, -0.05) is 12.2 Å². The maximum atomic E-state index is 8.53. The molecular formula is C9H14N2O. The van der Waals surface area contributed by atoms with Crippen LogP contribution in [0.2, 0.25) is 0 Å². The SMILES string of the molecule is CC(C)n1cc(C=CCO)cn1. The third-order valence-electron chi connectivity index (χ3n) is 1.57. The van der Waals surface area contributed by atoms with Crippen LogP contribution in [0.25, 0.3) is 6.08 Å². The van der Waals surface area contributed by atoms with E-state index in [1.165, 1.54) is 0 Å². The molecule has 0 fully saturated rings. The molecule has 0 aliphatic heterocycles. The molecule has 3 heteroatoms. The Hall–Kier alpha value is -1.09. The lowest BCUT2D eigenvalue weighted by Crippen LogP contribution is -1.99. The van der Waals surface area contributed by atoms with Crippen LogP contribution in [0.3, 0.4) is 0 Å². The molecule has 0 spiro atoms. The fourth-order valence-electron chi connectivity index (χ4n) is 0.910. The Morgan fingerprint density at radius 3 is 2.92 bits per heavy atom. The molecule has 0 aliphatic carbocycles. The summed E-state index contributed by atoms with van der Waals surface area (Å²) in [5.74, 6) is 0. The number of aromatic nitrogens is 2. The van der Waals surface area contributed by atoms with Gasteiger partial charge in [-0.25, -0.2) is 0 Å². The zero-order valence-electron chi connectivity index (χ0n) is 7.44. The molecule has 0 saturated heterocycles. The lowest BCUT2D eigenvalue weighted by atomic mass is 10.3. The normalized spacial score (nSPS) is 11.7. The Labute approximate surface area is 72.3 Å². The zero-order chi connectivity index (χ0) is 8.97. The number of nitrogens with zero attached hydrogens (tertiary/aromatic N) is 2. The summed E-state index contributed by atoms with van der Waals surface area (Å²) >= 11 is 0. The van der Waals surface area contributed by atoms with Crippen LogP contribution in [-0.4, -0.2) is 21.5 Å². The second-order valence-electron chi connectivity index (χ2n) is 2.93. The second kappa shape index (κ2) is 4.07. The van der Waals surface area contributed by atoms with E-state index in [0.717, 1.165) is 5.56 Å². The highest BCUT2D eigenvalue weighted by atomic mass is 16.2. The molecule has 0 amide bonds. The molecule has 3 nitrogen and oxygen atoms in total. The van der Waals surface area contributed by atoms with Crippen molar-refractivity contribution in [1.29, 1.82) is 0 Å². The van der Waals surface area contributed by atoms with Gasteiger partial charge in [-0.2, -0.15) is 5.10 Å². The van der Waals surface area contributed by atoms with Crippen molar-refractivity contribution < 1.29 is 5.11 Å². The topological polar surface area (TPSA) is 38.0 Å². The van der Waals surface area contributed by atoms with E-state index in [1.54, 1.807) is 12.3 Å². The number of rotatable bonds is 3. The molecule has 0 bridgehead atoms. The van der Waals surface area contributed by atoms with E-state index in [-0.39, 0.29) is 6.61 Å². The van der Waals surface area contributed by atoms with E-state index in [4.69, 9.17) is 5.11 Å². The largest absolute Gasteiger partial charge is 0.392 e. The molecule has 0 aliphatic rings. The molecular weight excluding hydrogens is 152 g/mol. The van der Waals surface area contributed by atoms with Crippen LogP contribution in [0.15, 0.2) is 18.5 Å². The van der Waals surface area contributed by atoms with E-state index in [2.05, 4.69) is 18.9 Å².